The first-order chi connectivity index (χ1) is 8.20. The Morgan fingerprint density at radius 1 is 1.18 bits per heavy atom. The number of piperidine rings is 1. The van der Waals surface area contributed by atoms with Crippen molar-refractivity contribution in [2.45, 2.75) is 35.6 Å². The summed E-state index contributed by atoms with van der Waals surface area (Å²) in [5, 5.41) is 0. The Bertz CT molecular complexity index is 303. The molecule has 0 aromatic carbocycles. The summed E-state index contributed by atoms with van der Waals surface area (Å²) in [6.07, 6.45) is 4.42. The zero-order valence-corrected chi connectivity index (χ0v) is 12.4. The molecule has 3 nitrogen and oxygen atoms in total. The summed E-state index contributed by atoms with van der Waals surface area (Å²) in [4.78, 5) is 14.1. The fourth-order valence-electron chi connectivity index (χ4n) is 3.63. The molecular formula is C13H20INO2. The Balaban J connectivity index is 1.48. The molecule has 3 fully saturated rings. The zero-order valence-electron chi connectivity index (χ0n) is 10.3. The number of hydrogen-bond donors (Lipinski definition) is 0. The molecule has 3 atom stereocenters. The third kappa shape index (κ3) is 2.23. The Hall–Kier alpha value is 0.160. The molecule has 2 saturated carbocycles. The summed E-state index contributed by atoms with van der Waals surface area (Å²) in [7, 11) is 1.50. The lowest BCUT2D eigenvalue weighted by Gasteiger charge is -2.34. The Kier molecular flexibility index (Phi) is 3.36. The zero-order chi connectivity index (χ0) is 12.0. The minimum absolute atomic E-state index is 0.0000420. The van der Waals surface area contributed by atoms with Crippen LogP contribution in [0.4, 0.5) is 0 Å². The normalized spacial score (nSPS) is 45.4. The van der Waals surface area contributed by atoms with Gasteiger partial charge in [-0.2, -0.15) is 0 Å². The minimum atomic E-state index is 0.0000420. The molecule has 2 aliphatic carbocycles. The summed E-state index contributed by atoms with van der Waals surface area (Å²) >= 11 is 2.60. The second-order valence-electron chi connectivity index (χ2n) is 5.75. The molecule has 0 bridgehead atoms. The second kappa shape index (κ2) is 4.68. The molecule has 1 heterocycles. The van der Waals surface area contributed by atoms with E-state index in [2.05, 4.69) is 27.5 Å². The number of fused-ring (bicyclic) bond motifs is 1. The summed E-state index contributed by atoms with van der Waals surface area (Å²) < 4.78 is 5.79. The standard InChI is InChI=1S/C13H20INO2/c1-17-13(16)8-2-4-9(5-3-8)15-6-10-11(7-15)12(10)14/h8-12H,2-7H2,1H3/t8?,9?,10-,11+,12?. The monoisotopic (exact) mass is 349 g/mol. The molecule has 4 heteroatoms. The van der Waals surface area contributed by atoms with Gasteiger partial charge in [0.25, 0.3) is 0 Å². The van der Waals surface area contributed by atoms with Gasteiger partial charge in [0.1, 0.15) is 0 Å². The van der Waals surface area contributed by atoms with E-state index in [1.807, 2.05) is 0 Å². The van der Waals surface area contributed by atoms with Gasteiger partial charge in [-0.05, 0) is 37.5 Å². The lowest BCUT2D eigenvalue weighted by atomic mass is 9.85. The van der Waals surface area contributed by atoms with Gasteiger partial charge in [-0.3, -0.25) is 9.69 Å². The van der Waals surface area contributed by atoms with Gasteiger partial charge in [-0.25, -0.2) is 0 Å². The fourth-order valence-corrected chi connectivity index (χ4v) is 4.91. The molecule has 3 rings (SSSR count). The van der Waals surface area contributed by atoms with Crippen molar-refractivity contribution >= 4 is 28.6 Å². The lowest BCUT2D eigenvalue weighted by Crippen LogP contribution is -2.39. The van der Waals surface area contributed by atoms with E-state index in [9.17, 15) is 4.79 Å². The highest BCUT2D eigenvalue weighted by molar-refractivity contribution is 14.1. The van der Waals surface area contributed by atoms with Crippen molar-refractivity contribution in [3.8, 4) is 0 Å². The van der Waals surface area contributed by atoms with Crippen molar-refractivity contribution in [3.63, 3.8) is 0 Å². The van der Waals surface area contributed by atoms with Gasteiger partial charge in [0.2, 0.25) is 0 Å². The number of methoxy groups -OCH3 is 1. The van der Waals surface area contributed by atoms with Crippen molar-refractivity contribution in [3.05, 3.63) is 0 Å². The predicted molar refractivity (Wildman–Crippen MR) is 74.1 cm³/mol. The molecule has 0 aromatic heterocycles. The molecule has 0 amide bonds. The number of hydrogen-bond acceptors (Lipinski definition) is 3. The molecule has 17 heavy (non-hydrogen) atoms. The molecule has 1 saturated heterocycles. The number of alkyl halides is 1. The Morgan fingerprint density at radius 2 is 1.76 bits per heavy atom. The number of carbonyl (C=O) groups excluding carboxylic acids is 1. The third-order valence-electron chi connectivity index (χ3n) is 4.87. The van der Waals surface area contributed by atoms with E-state index in [0.717, 1.165) is 34.6 Å². The van der Waals surface area contributed by atoms with E-state index in [1.54, 1.807) is 0 Å². The maximum atomic E-state index is 11.5. The van der Waals surface area contributed by atoms with Crippen LogP contribution in [0.25, 0.3) is 0 Å². The number of halogens is 1. The Labute approximate surface area is 116 Å². The number of carbonyl (C=O) groups is 1. The van der Waals surface area contributed by atoms with Gasteiger partial charge < -0.3 is 4.74 Å². The first-order valence-corrected chi connectivity index (χ1v) is 7.91. The average molecular weight is 349 g/mol. The maximum Gasteiger partial charge on any atom is 0.308 e. The predicted octanol–water partition coefficient (Wildman–Crippen LogP) is 2.08. The van der Waals surface area contributed by atoms with Crippen LogP contribution < -0.4 is 0 Å². The minimum Gasteiger partial charge on any atom is -0.469 e. The summed E-state index contributed by atoms with van der Waals surface area (Å²) in [5.41, 5.74) is 0. The second-order valence-corrected chi connectivity index (χ2v) is 7.19. The van der Waals surface area contributed by atoms with E-state index in [0.29, 0.717) is 0 Å². The van der Waals surface area contributed by atoms with Crippen molar-refractivity contribution in [2.75, 3.05) is 20.2 Å². The molecule has 1 aliphatic heterocycles. The molecule has 0 spiro atoms. The van der Waals surface area contributed by atoms with Gasteiger partial charge in [-0.1, -0.05) is 22.6 Å². The molecular weight excluding hydrogens is 329 g/mol. The van der Waals surface area contributed by atoms with E-state index in [-0.39, 0.29) is 11.9 Å². The highest BCUT2D eigenvalue weighted by Gasteiger charge is 2.55. The molecule has 96 valence electrons. The van der Waals surface area contributed by atoms with Gasteiger partial charge in [-0.15, -0.1) is 0 Å². The largest absolute Gasteiger partial charge is 0.469 e. The number of likely N-dealkylation sites (tertiary alicyclic amines) is 1. The highest BCUT2D eigenvalue weighted by Crippen LogP contribution is 2.52. The fraction of sp³-hybridized carbons (Fsp3) is 0.923. The number of nitrogens with zero attached hydrogens (tertiary/aromatic N) is 1. The van der Waals surface area contributed by atoms with E-state index >= 15 is 0 Å². The number of rotatable bonds is 2. The molecule has 0 N–H and O–H groups in total. The molecule has 0 radical (unpaired) electrons. The van der Waals surface area contributed by atoms with E-state index < -0.39 is 0 Å². The summed E-state index contributed by atoms with van der Waals surface area (Å²) in [6, 6.07) is 0.743. The van der Waals surface area contributed by atoms with Crippen molar-refractivity contribution < 1.29 is 9.53 Å². The van der Waals surface area contributed by atoms with Gasteiger partial charge in [0, 0.05) is 23.1 Å². The van der Waals surface area contributed by atoms with Crippen LogP contribution in [-0.2, 0) is 9.53 Å². The average Bonchev–Trinajstić information content (AvgIpc) is 2.82. The summed E-state index contributed by atoms with van der Waals surface area (Å²) in [6.45, 7) is 2.62. The van der Waals surface area contributed by atoms with Crippen LogP contribution in [0.2, 0.25) is 0 Å². The van der Waals surface area contributed by atoms with Crippen molar-refractivity contribution in [1.82, 2.24) is 4.90 Å². The van der Waals surface area contributed by atoms with Crippen molar-refractivity contribution in [1.29, 1.82) is 0 Å². The quantitative estimate of drug-likeness (QED) is 0.434. The first kappa shape index (κ1) is 12.2. The van der Waals surface area contributed by atoms with Crippen LogP contribution in [0.3, 0.4) is 0 Å². The van der Waals surface area contributed by atoms with Crippen LogP contribution in [0.5, 0.6) is 0 Å². The van der Waals surface area contributed by atoms with Crippen LogP contribution in [0.1, 0.15) is 25.7 Å². The summed E-state index contributed by atoms with van der Waals surface area (Å²) in [5.74, 6) is 2.13. The topological polar surface area (TPSA) is 29.5 Å². The third-order valence-corrected chi connectivity index (χ3v) is 6.71. The Morgan fingerprint density at radius 3 is 2.29 bits per heavy atom. The maximum absolute atomic E-state index is 11.5. The lowest BCUT2D eigenvalue weighted by molar-refractivity contribution is -0.146. The SMILES string of the molecule is COC(=O)C1CCC(N2C[C@@H]3C(I)[C@@H]3C2)CC1. The van der Waals surface area contributed by atoms with Crippen LogP contribution in [0, 0.1) is 17.8 Å². The van der Waals surface area contributed by atoms with Gasteiger partial charge in [0.15, 0.2) is 0 Å². The highest BCUT2D eigenvalue weighted by atomic mass is 127. The number of esters is 1. The van der Waals surface area contributed by atoms with E-state index in [4.69, 9.17) is 4.74 Å². The van der Waals surface area contributed by atoms with Gasteiger partial charge >= 0.3 is 5.97 Å². The smallest absolute Gasteiger partial charge is 0.308 e. The molecule has 3 aliphatic rings. The van der Waals surface area contributed by atoms with Crippen molar-refractivity contribution in [2.24, 2.45) is 17.8 Å². The van der Waals surface area contributed by atoms with E-state index in [1.165, 1.54) is 33.0 Å². The van der Waals surface area contributed by atoms with Crippen LogP contribution in [-0.4, -0.2) is 41.0 Å². The first-order valence-electron chi connectivity index (χ1n) is 6.66. The van der Waals surface area contributed by atoms with Gasteiger partial charge in [0.05, 0.1) is 13.0 Å². The molecule has 0 aromatic rings. The molecule has 1 unspecified atom stereocenters. The van der Waals surface area contributed by atoms with Crippen LogP contribution >= 0.6 is 22.6 Å². The van der Waals surface area contributed by atoms with Crippen LogP contribution in [0.15, 0.2) is 0 Å². The number of ether oxygens (including phenoxy) is 1.